The number of piperazine rings is 1. The minimum Gasteiger partial charge on any atom is -0.466 e. The summed E-state index contributed by atoms with van der Waals surface area (Å²) in [5, 5.41) is 3.24. The number of carbonyl (C=O) groups excluding carboxylic acids is 1. The fourth-order valence-corrected chi connectivity index (χ4v) is 2.09. The molecule has 100 valence electrons. The molecule has 2 amide bonds. The largest absolute Gasteiger partial charge is 0.466 e. The fraction of sp³-hybridized carbons (Fsp3) is 0.615. The van der Waals surface area contributed by atoms with Crippen LogP contribution in [-0.2, 0) is 6.42 Å². The van der Waals surface area contributed by atoms with E-state index >= 15 is 0 Å². The molecule has 0 aliphatic carbocycles. The topological polar surface area (TPSA) is 48.7 Å². The van der Waals surface area contributed by atoms with E-state index in [2.05, 4.69) is 5.32 Å². The molecule has 0 saturated carbocycles. The molecule has 1 aromatic rings. The van der Waals surface area contributed by atoms with Gasteiger partial charge in [-0.25, -0.2) is 4.79 Å². The average Bonchev–Trinajstić information content (AvgIpc) is 2.82. The molecular weight excluding hydrogens is 230 g/mol. The molecule has 2 heterocycles. The summed E-state index contributed by atoms with van der Waals surface area (Å²) < 4.78 is 5.50. The number of aryl methyl sites for hydroxylation is 1. The van der Waals surface area contributed by atoms with Crippen molar-refractivity contribution < 1.29 is 9.21 Å². The molecule has 1 N–H and O–H groups in total. The highest BCUT2D eigenvalue weighted by atomic mass is 16.3. The van der Waals surface area contributed by atoms with Crippen molar-refractivity contribution >= 4 is 6.03 Å². The molecule has 0 radical (unpaired) electrons. The molecule has 1 aromatic heterocycles. The van der Waals surface area contributed by atoms with Gasteiger partial charge in [0.05, 0.1) is 0 Å². The van der Waals surface area contributed by atoms with Crippen LogP contribution in [0.25, 0.3) is 0 Å². The number of hydrogen-bond donors (Lipinski definition) is 1. The van der Waals surface area contributed by atoms with E-state index in [-0.39, 0.29) is 6.03 Å². The lowest BCUT2D eigenvalue weighted by Crippen LogP contribution is -2.50. The SMILES string of the molecule is Cc1ccc(CCN(C)C(=O)N2CCNCC2)o1. The summed E-state index contributed by atoms with van der Waals surface area (Å²) in [6.45, 7) is 5.98. The Kier molecular flexibility index (Phi) is 4.25. The number of hydrogen-bond acceptors (Lipinski definition) is 3. The van der Waals surface area contributed by atoms with Gasteiger partial charge in [-0.05, 0) is 19.1 Å². The van der Waals surface area contributed by atoms with E-state index < -0.39 is 0 Å². The van der Waals surface area contributed by atoms with Crippen LogP contribution >= 0.6 is 0 Å². The number of urea groups is 1. The van der Waals surface area contributed by atoms with E-state index in [1.54, 1.807) is 4.90 Å². The molecule has 1 fully saturated rings. The quantitative estimate of drug-likeness (QED) is 0.874. The molecule has 18 heavy (non-hydrogen) atoms. The average molecular weight is 251 g/mol. The van der Waals surface area contributed by atoms with Gasteiger partial charge in [-0.1, -0.05) is 0 Å². The highest BCUT2D eigenvalue weighted by Gasteiger charge is 2.19. The minimum atomic E-state index is 0.111. The smallest absolute Gasteiger partial charge is 0.319 e. The predicted octanol–water partition coefficient (Wildman–Crippen LogP) is 1.09. The van der Waals surface area contributed by atoms with E-state index in [4.69, 9.17) is 4.42 Å². The van der Waals surface area contributed by atoms with E-state index in [1.807, 2.05) is 31.0 Å². The molecule has 0 unspecified atom stereocenters. The van der Waals surface area contributed by atoms with E-state index in [0.29, 0.717) is 6.54 Å². The van der Waals surface area contributed by atoms with Crippen LogP contribution in [0.1, 0.15) is 11.5 Å². The maximum atomic E-state index is 12.1. The molecular formula is C13H21N3O2. The van der Waals surface area contributed by atoms with Crippen LogP contribution in [0, 0.1) is 6.92 Å². The predicted molar refractivity (Wildman–Crippen MR) is 69.6 cm³/mol. The molecule has 0 aromatic carbocycles. The second-order valence-corrected chi connectivity index (χ2v) is 4.70. The summed E-state index contributed by atoms with van der Waals surface area (Å²) in [7, 11) is 1.85. The Morgan fingerprint density at radius 2 is 2.17 bits per heavy atom. The number of carbonyl (C=O) groups is 1. The monoisotopic (exact) mass is 251 g/mol. The molecule has 5 heteroatoms. The van der Waals surface area contributed by atoms with Gasteiger partial charge in [-0.2, -0.15) is 0 Å². The third-order valence-corrected chi connectivity index (χ3v) is 3.20. The summed E-state index contributed by atoms with van der Waals surface area (Å²) in [6, 6.07) is 4.03. The Morgan fingerprint density at radius 3 is 2.78 bits per heavy atom. The minimum absolute atomic E-state index is 0.111. The second-order valence-electron chi connectivity index (χ2n) is 4.70. The Labute approximate surface area is 108 Å². The number of nitrogens with one attached hydrogen (secondary N) is 1. The Balaban J connectivity index is 1.79. The van der Waals surface area contributed by atoms with Gasteiger partial charge >= 0.3 is 6.03 Å². The van der Waals surface area contributed by atoms with Gasteiger partial charge in [-0.3, -0.25) is 0 Å². The van der Waals surface area contributed by atoms with Crippen molar-refractivity contribution in [3.63, 3.8) is 0 Å². The fourth-order valence-electron chi connectivity index (χ4n) is 2.09. The number of likely N-dealkylation sites (N-methyl/N-ethyl adjacent to an activating group) is 1. The van der Waals surface area contributed by atoms with Gasteiger partial charge in [0.15, 0.2) is 0 Å². The van der Waals surface area contributed by atoms with Crippen LogP contribution in [0.3, 0.4) is 0 Å². The van der Waals surface area contributed by atoms with Crippen molar-refractivity contribution in [2.45, 2.75) is 13.3 Å². The first-order valence-corrected chi connectivity index (χ1v) is 6.43. The van der Waals surface area contributed by atoms with Crippen LogP contribution in [0.4, 0.5) is 4.79 Å². The van der Waals surface area contributed by atoms with Gasteiger partial charge in [0.2, 0.25) is 0 Å². The van der Waals surface area contributed by atoms with Crippen LogP contribution in [0.2, 0.25) is 0 Å². The number of furan rings is 1. The molecule has 0 bridgehead atoms. The summed E-state index contributed by atoms with van der Waals surface area (Å²) in [4.78, 5) is 15.8. The lowest BCUT2D eigenvalue weighted by Gasteiger charge is -2.31. The summed E-state index contributed by atoms with van der Waals surface area (Å²) in [5.74, 6) is 1.86. The summed E-state index contributed by atoms with van der Waals surface area (Å²) in [6.07, 6.45) is 0.766. The van der Waals surface area contributed by atoms with Crippen LogP contribution in [0.5, 0.6) is 0 Å². The van der Waals surface area contributed by atoms with Crippen molar-refractivity contribution in [3.8, 4) is 0 Å². The molecule has 1 saturated heterocycles. The number of amides is 2. The van der Waals surface area contributed by atoms with Crippen molar-refractivity contribution in [2.24, 2.45) is 0 Å². The molecule has 0 spiro atoms. The third kappa shape index (κ3) is 3.26. The maximum absolute atomic E-state index is 12.1. The summed E-state index contributed by atoms with van der Waals surface area (Å²) in [5.41, 5.74) is 0. The zero-order chi connectivity index (χ0) is 13.0. The maximum Gasteiger partial charge on any atom is 0.319 e. The second kappa shape index (κ2) is 5.91. The zero-order valence-electron chi connectivity index (χ0n) is 11.1. The zero-order valence-corrected chi connectivity index (χ0v) is 11.1. The first kappa shape index (κ1) is 13.0. The molecule has 1 aliphatic heterocycles. The van der Waals surface area contributed by atoms with Crippen molar-refractivity contribution in [3.05, 3.63) is 23.7 Å². The molecule has 0 atom stereocenters. The van der Waals surface area contributed by atoms with E-state index in [0.717, 1.165) is 44.1 Å². The van der Waals surface area contributed by atoms with Crippen molar-refractivity contribution in [1.82, 2.24) is 15.1 Å². The Bertz CT molecular complexity index is 397. The van der Waals surface area contributed by atoms with Gasteiger partial charge in [0, 0.05) is 46.2 Å². The van der Waals surface area contributed by atoms with Gasteiger partial charge in [0.1, 0.15) is 11.5 Å². The van der Waals surface area contributed by atoms with E-state index in [1.165, 1.54) is 0 Å². The first-order chi connectivity index (χ1) is 8.66. The van der Waals surface area contributed by atoms with Gasteiger partial charge < -0.3 is 19.5 Å². The van der Waals surface area contributed by atoms with Crippen LogP contribution < -0.4 is 5.32 Å². The lowest BCUT2D eigenvalue weighted by atomic mass is 10.3. The molecule has 1 aliphatic rings. The number of nitrogens with zero attached hydrogens (tertiary/aromatic N) is 2. The van der Waals surface area contributed by atoms with Crippen molar-refractivity contribution in [1.29, 1.82) is 0 Å². The summed E-state index contributed by atoms with van der Waals surface area (Å²) >= 11 is 0. The molecule has 5 nitrogen and oxygen atoms in total. The van der Waals surface area contributed by atoms with Gasteiger partial charge in [-0.15, -0.1) is 0 Å². The van der Waals surface area contributed by atoms with Crippen LogP contribution in [-0.4, -0.2) is 55.6 Å². The lowest BCUT2D eigenvalue weighted by molar-refractivity contribution is 0.156. The highest BCUT2D eigenvalue weighted by Crippen LogP contribution is 2.08. The van der Waals surface area contributed by atoms with E-state index in [9.17, 15) is 4.79 Å². The number of rotatable bonds is 3. The Hall–Kier alpha value is -1.49. The standard InChI is InChI=1S/C13H21N3O2/c1-11-3-4-12(18-11)5-8-15(2)13(17)16-9-6-14-7-10-16/h3-4,14H,5-10H2,1-2H3. The highest BCUT2D eigenvalue weighted by molar-refractivity contribution is 5.74. The first-order valence-electron chi connectivity index (χ1n) is 6.43. The third-order valence-electron chi connectivity index (χ3n) is 3.20. The Morgan fingerprint density at radius 1 is 1.44 bits per heavy atom. The van der Waals surface area contributed by atoms with Crippen LogP contribution in [0.15, 0.2) is 16.5 Å². The molecule has 2 rings (SSSR count). The van der Waals surface area contributed by atoms with Crippen molar-refractivity contribution in [2.75, 3.05) is 39.8 Å². The normalized spacial score (nSPS) is 15.8. The van der Waals surface area contributed by atoms with Gasteiger partial charge in [0.25, 0.3) is 0 Å².